The van der Waals surface area contributed by atoms with Crippen LogP contribution in [0.4, 0.5) is 0 Å². The minimum absolute atomic E-state index is 0.253. The molecule has 0 aromatic carbocycles. The second-order valence-electron chi connectivity index (χ2n) is 28.2. The van der Waals surface area contributed by atoms with Crippen molar-refractivity contribution in [3.05, 3.63) is 109 Å². The molecule has 572 valence electrons. The Morgan fingerprint density at radius 3 is 1.11 bits per heavy atom. The molecule has 2 aliphatic rings. The van der Waals surface area contributed by atoms with Crippen molar-refractivity contribution in [3.63, 3.8) is 0 Å². The highest BCUT2D eigenvalue weighted by Crippen LogP contribution is 2.30. The van der Waals surface area contributed by atoms with Gasteiger partial charge in [0.15, 0.2) is 12.6 Å². The van der Waals surface area contributed by atoms with E-state index in [0.717, 1.165) is 83.5 Å². The molecule has 2 aliphatic heterocycles. The standard InChI is InChI=1S/C85H149NO13/c1-3-5-7-9-11-13-15-17-19-21-23-25-27-29-31-33-35-37-39-41-43-45-47-49-51-53-55-57-59-61-63-65-67-69-77(90)86-73(72-96-84-82(95)80(93)83(76(71-88)98-84)99-85-81(94)79(92)78(91)75(70-87)97-85)74(89)68-66-64-62-60-58-56-54-52-50-48-46-44-42-40-38-36-34-32-30-28-26-24-22-20-18-16-14-12-10-8-6-4-2/h5,7,11,13,17,19,23,25,29,31,35,37,41,43,58,60,66,68,73-76,78-85,87-89,91-95H,3-4,6,8-10,12,14-16,18,20-22,24,26-28,30,32-34,36,38-40,42,44-57,59,61-65,67,69-72H2,1-2H3,(H,86,90)/b7-5-,13-11-,19-17-,25-23-,31-29-,37-35-,43-41-,60-58+,68-66+. The highest BCUT2D eigenvalue weighted by atomic mass is 16.7. The van der Waals surface area contributed by atoms with Gasteiger partial charge in [0.2, 0.25) is 5.91 Å². The molecule has 14 nitrogen and oxygen atoms in total. The van der Waals surface area contributed by atoms with E-state index in [1.54, 1.807) is 6.08 Å². The van der Waals surface area contributed by atoms with Crippen LogP contribution in [0.2, 0.25) is 0 Å². The van der Waals surface area contributed by atoms with Crippen LogP contribution in [0.15, 0.2) is 109 Å². The molecular formula is C85H149NO13. The number of aliphatic hydroxyl groups excluding tert-OH is 8. The first-order valence-electron chi connectivity index (χ1n) is 40.6. The molecule has 1 amide bonds. The van der Waals surface area contributed by atoms with E-state index in [0.29, 0.717) is 12.8 Å². The predicted octanol–water partition coefficient (Wildman–Crippen LogP) is 18.6. The summed E-state index contributed by atoms with van der Waals surface area (Å²) >= 11 is 0. The van der Waals surface area contributed by atoms with Gasteiger partial charge in [-0.3, -0.25) is 4.79 Å². The van der Waals surface area contributed by atoms with Gasteiger partial charge in [0.05, 0.1) is 32.0 Å². The zero-order valence-corrected chi connectivity index (χ0v) is 62.7. The van der Waals surface area contributed by atoms with E-state index >= 15 is 0 Å². The van der Waals surface area contributed by atoms with Gasteiger partial charge in [0.1, 0.15) is 48.8 Å². The van der Waals surface area contributed by atoms with Gasteiger partial charge in [0.25, 0.3) is 0 Å². The normalized spacial score (nSPS) is 22.5. The van der Waals surface area contributed by atoms with Crippen LogP contribution in [0.3, 0.4) is 0 Å². The summed E-state index contributed by atoms with van der Waals surface area (Å²) in [4.78, 5) is 13.4. The summed E-state index contributed by atoms with van der Waals surface area (Å²) in [6.07, 6.45) is 81.7. The Balaban J connectivity index is 1.64. The van der Waals surface area contributed by atoms with Gasteiger partial charge >= 0.3 is 0 Å². The second-order valence-corrected chi connectivity index (χ2v) is 28.2. The Kier molecular flexibility index (Phi) is 62.8. The number of allylic oxidation sites excluding steroid dienone is 17. The quantitative estimate of drug-likeness (QED) is 0.0204. The van der Waals surface area contributed by atoms with Crippen molar-refractivity contribution >= 4 is 5.91 Å². The molecular weight excluding hydrogens is 1240 g/mol. The second kappa shape index (κ2) is 67.8. The molecule has 0 aromatic rings. The van der Waals surface area contributed by atoms with Crippen molar-refractivity contribution in [1.29, 1.82) is 0 Å². The molecule has 99 heavy (non-hydrogen) atoms. The Bertz CT molecular complexity index is 2080. The maximum atomic E-state index is 13.4. The van der Waals surface area contributed by atoms with Crippen LogP contribution < -0.4 is 5.32 Å². The number of hydrogen-bond acceptors (Lipinski definition) is 13. The summed E-state index contributed by atoms with van der Waals surface area (Å²) in [7, 11) is 0. The maximum Gasteiger partial charge on any atom is 0.220 e. The lowest BCUT2D eigenvalue weighted by Crippen LogP contribution is -2.65. The van der Waals surface area contributed by atoms with E-state index in [9.17, 15) is 45.6 Å². The molecule has 0 radical (unpaired) electrons. The van der Waals surface area contributed by atoms with E-state index in [1.807, 2.05) is 6.08 Å². The zero-order valence-electron chi connectivity index (χ0n) is 62.7. The fourth-order valence-corrected chi connectivity index (χ4v) is 12.8. The van der Waals surface area contributed by atoms with E-state index in [4.69, 9.17) is 18.9 Å². The summed E-state index contributed by atoms with van der Waals surface area (Å²) in [5.74, 6) is -0.253. The highest BCUT2D eigenvalue weighted by molar-refractivity contribution is 5.76. The summed E-state index contributed by atoms with van der Waals surface area (Å²) in [6, 6.07) is -0.943. The molecule has 12 atom stereocenters. The van der Waals surface area contributed by atoms with Crippen LogP contribution in [-0.2, 0) is 23.7 Å². The third-order valence-corrected chi connectivity index (χ3v) is 19.2. The lowest BCUT2D eigenvalue weighted by Gasteiger charge is -2.46. The number of carbonyl (C=O) groups excluding carboxylic acids is 1. The Morgan fingerprint density at radius 1 is 0.374 bits per heavy atom. The summed E-state index contributed by atoms with van der Waals surface area (Å²) in [5, 5.41) is 87.7. The van der Waals surface area contributed by atoms with Crippen molar-refractivity contribution < 1.29 is 64.6 Å². The number of nitrogens with one attached hydrogen (secondary N) is 1. The maximum absolute atomic E-state index is 13.4. The molecule has 0 saturated carbocycles. The zero-order chi connectivity index (χ0) is 71.5. The van der Waals surface area contributed by atoms with Crippen LogP contribution >= 0.6 is 0 Å². The minimum atomic E-state index is -1.80. The van der Waals surface area contributed by atoms with Crippen molar-refractivity contribution in [2.45, 2.75) is 402 Å². The Morgan fingerprint density at radius 2 is 0.707 bits per heavy atom. The van der Waals surface area contributed by atoms with Crippen LogP contribution in [0.25, 0.3) is 0 Å². The third-order valence-electron chi connectivity index (χ3n) is 19.2. The number of hydrogen-bond donors (Lipinski definition) is 9. The van der Waals surface area contributed by atoms with Gasteiger partial charge in [0, 0.05) is 6.42 Å². The number of amides is 1. The van der Waals surface area contributed by atoms with Crippen LogP contribution in [0.5, 0.6) is 0 Å². The largest absolute Gasteiger partial charge is 0.394 e. The molecule has 2 fully saturated rings. The fraction of sp³-hybridized carbons (Fsp3) is 0.776. The number of unbranched alkanes of at least 4 members (excludes halogenated alkanes) is 38. The number of carbonyl (C=O) groups is 1. The summed E-state index contributed by atoms with van der Waals surface area (Å²) < 4.78 is 22.9. The third kappa shape index (κ3) is 50.7. The lowest BCUT2D eigenvalue weighted by molar-refractivity contribution is -0.359. The molecule has 0 aliphatic carbocycles. The van der Waals surface area contributed by atoms with Gasteiger partial charge in [-0.1, -0.05) is 342 Å². The van der Waals surface area contributed by atoms with E-state index in [1.165, 1.54) is 212 Å². The molecule has 14 heteroatoms. The Labute approximate surface area is 604 Å². The monoisotopic (exact) mass is 1390 g/mol. The molecule has 9 N–H and O–H groups in total. The van der Waals surface area contributed by atoms with Crippen molar-refractivity contribution in [2.24, 2.45) is 0 Å². The van der Waals surface area contributed by atoms with Gasteiger partial charge in [-0.05, 0) is 89.9 Å². The van der Waals surface area contributed by atoms with Crippen LogP contribution in [-0.4, -0.2) is 140 Å². The number of aliphatic hydroxyl groups is 8. The molecule has 2 rings (SSSR count). The lowest BCUT2D eigenvalue weighted by atomic mass is 9.97. The van der Waals surface area contributed by atoms with E-state index < -0.39 is 86.8 Å². The first-order valence-corrected chi connectivity index (χ1v) is 40.6. The van der Waals surface area contributed by atoms with Gasteiger partial charge < -0.3 is 65.1 Å². The molecule has 0 spiro atoms. The minimum Gasteiger partial charge on any atom is -0.394 e. The van der Waals surface area contributed by atoms with Crippen molar-refractivity contribution in [1.82, 2.24) is 5.32 Å². The average Bonchev–Trinajstić information content (AvgIpc) is 0.793. The SMILES string of the molecule is CC/C=C\C/C=C\C/C=C\C/C=C\C/C=C\C/C=C\C/C=C\CCCCCCCCCCCCCC(=O)NC(COC1OC(CO)C(OC2OC(CO)C(O)C(O)C2O)C(O)C1O)C(O)/C=C/CC/C=C/CCCCCCCCCCCCCCCCCCCCCCCCCCCC. The van der Waals surface area contributed by atoms with Crippen molar-refractivity contribution in [3.8, 4) is 0 Å². The topological polar surface area (TPSA) is 228 Å². The Hall–Kier alpha value is -3.35. The average molecular weight is 1390 g/mol. The highest BCUT2D eigenvalue weighted by Gasteiger charge is 2.51. The molecule has 2 saturated heterocycles. The van der Waals surface area contributed by atoms with Crippen LogP contribution in [0, 0.1) is 0 Å². The van der Waals surface area contributed by atoms with Gasteiger partial charge in [-0.25, -0.2) is 0 Å². The van der Waals surface area contributed by atoms with E-state index in [-0.39, 0.29) is 18.9 Å². The number of ether oxygens (including phenoxy) is 4. The number of rotatable bonds is 67. The summed E-state index contributed by atoms with van der Waals surface area (Å²) in [6.45, 7) is 2.70. The van der Waals surface area contributed by atoms with Gasteiger partial charge in [-0.15, -0.1) is 0 Å². The summed E-state index contributed by atoms with van der Waals surface area (Å²) in [5.41, 5.74) is 0. The molecule has 12 unspecified atom stereocenters. The first kappa shape index (κ1) is 91.7. The van der Waals surface area contributed by atoms with Crippen molar-refractivity contribution in [2.75, 3.05) is 19.8 Å². The van der Waals surface area contributed by atoms with Gasteiger partial charge in [-0.2, -0.15) is 0 Å². The smallest absolute Gasteiger partial charge is 0.220 e. The first-order chi connectivity index (χ1) is 48.6. The fourth-order valence-electron chi connectivity index (χ4n) is 12.8. The predicted molar refractivity (Wildman–Crippen MR) is 410 cm³/mol. The van der Waals surface area contributed by atoms with E-state index in [2.05, 4.69) is 116 Å². The van der Waals surface area contributed by atoms with Crippen LogP contribution in [0.1, 0.15) is 328 Å². The molecule has 2 heterocycles. The molecule has 0 bridgehead atoms. The molecule has 0 aromatic heterocycles.